The largest absolute Gasteiger partial charge is 0.444 e. The van der Waals surface area contributed by atoms with Gasteiger partial charge in [0.1, 0.15) is 5.60 Å². The minimum atomic E-state index is -0.477. The molecule has 6 rings (SSSR count). The summed E-state index contributed by atoms with van der Waals surface area (Å²) in [6.45, 7) is 7.64. The van der Waals surface area contributed by atoms with Crippen LogP contribution in [0.15, 0.2) is 0 Å². The lowest BCUT2D eigenvalue weighted by Crippen LogP contribution is -2.34. The van der Waals surface area contributed by atoms with Crippen molar-refractivity contribution < 1.29 is 9.53 Å². The first-order valence-electron chi connectivity index (χ1n) is 12.8. The number of carbonyl (C=O) groups is 1. The molecule has 16 nitrogen and oxygen atoms in total. The molecule has 16 heteroatoms. The smallest absolute Gasteiger partial charge is 0.407 e. The van der Waals surface area contributed by atoms with Gasteiger partial charge in [-0.25, -0.2) is 4.79 Å². The van der Waals surface area contributed by atoms with Gasteiger partial charge < -0.3 is 15.8 Å². The van der Waals surface area contributed by atoms with Crippen LogP contribution < -0.4 is 11.1 Å². The third-order valence-corrected chi connectivity index (χ3v) is 5.43. The summed E-state index contributed by atoms with van der Waals surface area (Å²) in [6, 6.07) is 0. The number of nitrogens with two attached hydrogens (primary N) is 1. The molecule has 0 bridgehead atoms. The molecule has 0 radical (unpaired) electrons. The van der Waals surface area contributed by atoms with Crippen molar-refractivity contribution in [3.63, 3.8) is 0 Å². The Balaban J connectivity index is 0.000000142. The lowest BCUT2D eigenvalue weighted by atomic mass is 10.2. The number of H-pyrrole nitrogens is 1. The monoisotopic (exact) mass is 516 g/mol. The molecule has 0 aliphatic heterocycles. The van der Waals surface area contributed by atoms with E-state index >= 15 is 0 Å². The zero-order chi connectivity index (χ0) is 26.3. The van der Waals surface area contributed by atoms with Gasteiger partial charge in [0.15, 0.2) is 17.5 Å². The maximum Gasteiger partial charge on any atom is 0.407 e. The van der Waals surface area contributed by atoms with Crippen LogP contribution in [0.2, 0.25) is 0 Å². The summed E-state index contributed by atoms with van der Waals surface area (Å²) in [6.07, 6.45) is 6.79. The number of amides is 1. The van der Waals surface area contributed by atoms with Gasteiger partial charge in [-0.1, -0.05) is 5.21 Å². The summed E-state index contributed by atoms with van der Waals surface area (Å²) in [5.74, 6) is 4.28. The minimum Gasteiger partial charge on any atom is -0.444 e. The molecule has 3 aliphatic rings. The van der Waals surface area contributed by atoms with Gasteiger partial charge in [0.25, 0.3) is 0 Å². The molecular formula is C21H36N14O2. The van der Waals surface area contributed by atoms with E-state index in [1.54, 1.807) is 4.80 Å². The van der Waals surface area contributed by atoms with E-state index in [1.807, 2.05) is 20.8 Å². The van der Waals surface area contributed by atoms with E-state index in [4.69, 9.17) is 10.5 Å². The Morgan fingerprint density at radius 1 is 0.919 bits per heavy atom. The summed E-state index contributed by atoms with van der Waals surface area (Å²) in [5, 5.41) is 40.3. The third kappa shape index (κ3) is 9.44. The van der Waals surface area contributed by atoms with Crippen LogP contribution in [-0.2, 0) is 17.8 Å². The zero-order valence-corrected chi connectivity index (χ0v) is 21.6. The van der Waals surface area contributed by atoms with Gasteiger partial charge >= 0.3 is 6.09 Å². The number of rotatable bonds is 8. The molecule has 3 aromatic heterocycles. The Kier molecular flexibility index (Phi) is 8.68. The molecule has 0 atom stereocenters. The van der Waals surface area contributed by atoms with Crippen molar-refractivity contribution >= 4 is 6.09 Å². The molecule has 3 aromatic rings. The average Bonchev–Trinajstić information content (AvgIpc) is 3.82. The predicted molar refractivity (Wildman–Crippen MR) is 129 cm³/mol. The zero-order valence-electron chi connectivity index (χ0n) is 21.6. The van der Waals surface area contributed by atoms with E-state index in [0.29, 0.717) is 43.9 Å². The van der Waals surface area contributed by atoms with E-state index in [9.17, 15) is 4.79 Å². The highest BCUT2D eigenvalue weighted by Crippen LogP contribution is 2.38. The molecule has 0 saturated heterocycles. The van der Waals surface area contributed by atoms with Crippen LogP contribution in [-0.4, -0.2) is 85.8 Å². The fourth-order valence-corrected chi connectivity index (χ4v) is 3.08. The van der Waals surface area contributed by atoms with Crippen molar-refractivity contribution in [1.82, 2.24) is 66.4 Å². The fourth-order valence-electron chi connectivity index (χ4n) is 3.08. The fraction of sp³-hybridized carbons (Fsp3) is 0.810. The highest BCUT2D eigenvalue weighted by Gasteiger charge is 2.29. The number of hydrogen-bond acceptors (Lipinski definition) is 12. The van der Waals surface area contributed by atoms with Gasteiger partial charge in [-0.05, 0) is 69.7 Å². The first-order chi connectivity index (χ1) is 17.8. The maximum absolute atomic E-state index is 11.4. The molecule has 3 saturated carbocycles. The van der Waals surface area contributed by atoms with Gasteiger partial charge in [0, 0.05) is 30.8 Å². The summed E-state index contributed by atoms with van der Waals surface area (Å²) in [4.78, 5) is 14.4. The van der Waals surface area contributed by atoms with E-state index in [2.05, 4.69) is 56.8 Å². The number of tetrazole rings is 3. The van der Waals surface area contributed by atoms with Crippen molar-refractivity contribution in [2.24, 2.45) is 5.73 Å². The van der Waals surface area contributed by atoms with E-state index in [-0.39, 0.29) is 0 Å². The lowest BCUT2D eigenvalue weighted by Gasteiger charge is -2.19. The van der Waals surface area contributed by atoms with Crippen LogP contribution in [0, 0.1) is 0 Å². The number of aromatic nitrogens is 12. The Labute approximate surface area is 214 Å². The van der Waals surface area contributed by atoms with Crippen molar-refractivity contribution in [1.29, 1.82) is 0 Å². The summed E-state index contributed by atoms with van der Waals surface area (Å²) in [5.41, 5.74) is 4.86. The minimum absolute atomic E-state index is 0.426. The number of nitrogens with zero attached hydrogens (tertiary/aromatic N) is 11. The standard InChI is InChI=1S/C11H19N5O2.C6H11N5.C4H6N4/c1-11(2,3)18-10(17)12-6-7-16-14-9(13-15-16)8-4-5-8;7-3-4-11-9-6(8-10-11)5-1-2-5;1-2-3(1)4-5-7-8-6-4/h8H,4-7H2,1-3H3,(H,12,17);5H,1-4,7H2;3H,1-2H2,(H,5,6,7,8). The molecule has 3 fully saturated rings. The second-order valence-electron chi connectivity index (χ2n) is 10.3. The molecule has 3 heterocycles. The molecular weight excluding hydrogens is 480 g/mol. The van der Waals surface area contributed by atoms with Crippen LogP contribution in [0.5, 0.6) is 0 Å². The number of ether oxygens (including phenoxy) is 1. The summed E-state index contributed by atoms with van der Waals surface area (Å²) < 4.78 is 5.11. The van der Waals surface area contributed by atoms with Gasteiger partial charge in [0.2, 0.25) is 0 Å². The number of nitrogens with one attached hydrogen (secondary N) is 2. The van der Waals surface area contributed by atoms with Crippen LogP contribution in [0.3, 0.4) is 0 Å². The van der Waals surface area contributed by atoms with E-state index in [0.717, 1.165) is 30.3 Å². The predicted octanol–water partition coefficient (Wildman–Crippen LogP) is 0.662. The molecule has 1 amide bonds. The quantitative estimate of drug-likeness (QED) is 0.377. The molecule has 0 aromatic carbocycles. The first-order valence-corrected chi connectivity index (χ1v) is 12.8. The normalized spacial score (nSPS) is 16.8. The number of alkyl carbamates (subject to hydrolysis) is 1. The Morgan fingerprint density at radius 2 is 1.46 bits per heavy atom. The highest BCUT2D eigenvalue weighted by atomic mass is 16.6. The molecule has 0 spiro atoms. The third-order valence-electron chi connectivity index (χ3n) is 5.43. The SMILES string of the molecule is C1CC1c1nn[nH]n1.CC(C)(C)OC(=O)NCCn1nnc(C2CC2)n1.NCCn1nnc(C2CC2)n1. The Hall–Kier alpha value is -3.56. The van der Waals surface area contributed by atoms with Crippen molar-refractivity contribution in [3.05, 3.63) is 17.5 Å². The van der Waals surface area contributed by atoms with Gasteiger partial charge in [-0.15, -0.1) is 30.6 Å². The van der Waals surface area contributed by atoms with Crippen LogP contribution in [0.25, 0.3) is 0 Å². The van der Waals surface area contributed by atoms with E-state index in [1.165, 1.54) is 30.5 Å². The first kappa shape index (κ1) is 26.5. The second-order valence-corrected chi connectivity index (χ2v) is 10.3. The number of carbonyl (C=O) groups excluding carboxylic acids is 1. The van der Waals surface area contributed by atoms with Crippen LogP contribution >= 0.6 is 0 Å². The van der Waals surface area contributed by atoms with E-state index < -0.39 is 11.7 Å². The maximum atomic E-state index is 11.4. The van der Waals surface area contributed by atoms with Crippen LogP contribution in [0.1, 0.15) is 94.5 Å². The van der Waals surface area contributed by atoms with Crippen molar-refractivity contribution in [3.8, 4) is 0 Å². The highest BCUT2D eigenvalue weighted by molar-refractivity contribution is 5.67. The molecule has 202 valence electrons. The molecule has 4 N–H and O–H groups in total. The van der Waals surface area contributed by atoms with Crippen molar-refractivity contribution in [2.45, 2.75) is 95.7 Å². The number of hydrogen-bond donors (Lipinski definition) is 3. The van der Waals surface area contributed by atoms with Gasteiger partial charge in [-0.2, -0.15) is 14.8 Å². The van der Waals surface area contributed by atoms with Gasteiger partial charge in [0.05, 0.1) is 13.1 Å². The number of aromatic amines is 1. The van der Waals surface area contributed by atoms with Crippen LogP contribution in [0.4, 0.5) is 4.79 Å². The molecule has 0 unspecified atom stereocenters. The van der Waals surface area contributed by atoms with Gasteiger partial charge in [-0.3, -0.25) is 0 Å². The topological polar surface area (TPSA) is 206 Å². The Bertz CT molecular complexity index is 1090. The summed E-state index contributed by atoms with van der Waals surface area (Å²) in [7, 11) is 0. The lowest BCUT2D eigenvalue weighted by molar-refractivity contribution is 0.0525. The average molecular weight is 517 g/mol. The van der Waals surface area contributed by atoms with Crippen molar-refractivity contribution in [2.75, 3.05) is 13.1 Å². The molecule has 3 aliphatic carbocycles. The summed E-state index contributed by atoms with van der Waals surface area (Å²) >= 11 is 0. The second kappa shape index (κ2) is 12.1. The molecule has 37 heavy (non-hydrogen) atoms. The Morgan fingerprint density at radius 3 is 1.92 bits per heavy atom.